The molecule has 1 saturated carbocycles. The third kappa shape index (κ3) is 3.67. The summed E-state index contributed by atoms with van der Waals surface area (Å²) < 4.78 is 10.8. The number of methoxy groups -OCH3 is 1. The molecule has 1 aromatic carbocycles. The summed E-state index contributed by atoms with van der Waals surface area (Å²) in [6.07, 6.45) is 3.81. The van der Waals surface area contributed by atoms with Gasteiger partial charge >= 0.3 is 5.97 Å². The minimum atomic E-state index is -0.319. The van der Waals surface area contributed by atoms with Crippen molar-refractivity contribution >= 4 is 11.8 Å². The molecule has 0 unspecified atom stereocenters. The average molecular weight is 276 g/mol. The molecule has 0 aliphatic heterocycles. The lowest BCUT2D eigenvalue weighted by molar-refractivity contribution is -0.00541. The lowest BCUT2D eigenvalue weighted by Gasteiger charge is -2.27. The van der Waals surface area contributed by atoms with E-state index in [1.165, 1.54) is 6.92 Å². The molecule has 20 heavy (non-hydrogen) atoms. The van der Waals surface area contributed by atoms with Crippen LogP contribution in [0, 0.1) is 0 Å². The number of benzene rings is 1. The van der Waals surface area contributed by atoms with Crippen LogP contribution in [0.1, 0.15) is 53.3 Å². The van der Waals surface area contributed by atoms with Crippen molar-refractivity contribution in [3.8, 4) is 0 Å². The number of carbonyl (C=O) groups excluding carboxylic acids is 2. The highest BCUT2D eigenvalue weighted by Gasteiger charge is 2.24. The predicted molar refractivity (Wildman–Crippen MR) is 74.9 cm³/mol. The summed E-state index contributed by atoms with van der Waals surface area (Å²) in [5, 5.41) is 0. The molecule has 0 bridgehead atoms. The summed E-state index contributed by atoms with van der Waals surface area (Å²) in [6, 6.07) is 6.58. The molecule has 1 aliphatic carbocycles. The molecule has 4 heteroatoms. The number of hydrogen-bond acceptors (Lipinski definition) is 4. The molecular weight excluding hydrogens is 256 g/mol. The molecule has 1 aromatic rings. The predicted octanol–water partition coefficient (Wildman–Crippen LogP) is 3.00. The Hall–Kier alpha value is -1.68. The minimum absolute atomic E-state index is 0.0113. The number of hydrogen-bond donors (Lipinski definition) is 0. The topological polar surface area (TPSA) is 52.6 Å². The van der Waals surface area contributed by atoms with E-state index < -0.39 is 0 Å². The van der Waals surface area contributed by atoms with Crippen LogP contribution in [-0.2, 0) is 9.47 Å². The van der Waals surface area contributed by atoms with Gasteiger partial charge in [-0.15, -0.1) is 0 Å². The van der Waals surface area contributed by atoms with Crippen LogP contribution in [0.2, 0.25) is 0 Å². The van der Waals surface area contributed by atoms with E-state index in [1.807, 2.05) is 0 Å². The third-order valence-corrected chi connectivity index (χ3v) is 3.76. The van der Waals surface area contributed by atoms with Crippen molar-refractivity contribution in [3.63, 3.8) is 0 Å². The summed E-state index contributed by atoms with van der Waals surface area (Å²) in [5.41, 5.74) is 1.09. The van der Waals surface area contributed by atoms with Crippen molar-refractivity contribution in [2.75, 3.05) is 7.11 Å². The second kappa shape index (κ2) is 6.66. The lowest BCUT2D eigenvalue weighted by atomic mass is 9.95. The minimum Gasteiger partial charge on any atom is -0.459 e. The Bertz CT molecular complexity index is 470. The highest BCUT2D eigenvalue weighted by atomic mass is 16.5. The highest BCUT2D eigenvalue weighted by Crippen LogP contribution is 2.23. The van der Waals surface area contributed by atoms with Crippen LogP contribution in [0.4, 0.5) is 0 Å². The molecule has 0 aromatic heterocycles. The van der Waals surface area contributed by atoms with Crippen molar-refractivity contribution < 1.29 is 19.1 Å². The van der Waals surface area contributed by atoms with Crippen LogP contribution in [0.25, 0.3) is 0 Å². The first-order valence-corrected chi connectivity index (χ1v) is 6.95. The van der Waals surface area contributed by atoms with Crippen molar-refractivity contribution in [1.29, 1.82) is 0 Å². The molecule has 1 fully saturated rings. The second-order valence-corrected chi connectivity index (χ2v) is 5.17. The van der Waals surface area contributed by atoms with Gasteiger partial charge in [0, 0.05) is 12.7 Å². The van der Waals surface area contributed by atoms with Crippen molar-refractivity contribution in [2.45, 2.75) is 44.8 Å². The van der Waals surface area contributed by atoms with Gasteiger partial charge in [-0.25, -0.2) is 4.79 Å². The zero-order valence-corrected chi connectivity index (χ0v) is 11.9. The summed E-state index contributed by atoms with van der Waals surface area (Å²) >= 11 is 0. The number of rotatable bonds is 4. The summed E-state index contributed by atoms with van der Waals surface area (Å²) in [5.74, 6) is -0.330. The summed E-state index contributed by atoms with van der Waals surface area (Å²) in [6.45, 7) is 1.50. The molecular formula is C16H20O4. The molecule has 0 N–H and O–H groups in total. The van der Waals surface area contributed by atoms with Gasteiger partial charge < -0.3 is 9.47 Å². The zero-order valence-electron chi connectivity index (χ0n) is 11.9. The largest absolute Gasteiger partial charge is 0.459 e. The van der Waals surface area contributed by atoms with E-state index in [0.29, 0.717) is 17.2 Å². The maximum atomic E-state index is 12.0. The normalized spacial score (nSPS) is 22.3. The third-order valence-electron chi connectivity index (χ3n) is 3.76. The van der Waals surface area contributed by atoms with Crippen LogP contribution in [0.5, 0.6) is 0 Å². The number of ketones is 1. The van der Waals surface area contributed by atoms with E-state index in [0.717, 1.165) is 25.7 Å². The van der Waals surface area contributed by atoms with Crippen LogP contribution < -0.4 is 0 Å². The van der Waals surface area contributed by atoms with Crippen molar-refractivity contribution in [2.24, 2.45) is 0 Å². The summed E-state index contributed by atoms with van der Waals surface area (Å²) in [4.78, 5) is 23.2. The second-order valence-electron chi connectivity index (χ2n) is 5.17. The van der Waals surface area contributed by atoms with Gasteiger partial charge in [0.05, 0.1) is 11.7 Å². The Balaban J connectivity index is 1.90. The van der Waals surface area contributed by atoms with E-state index in [2.05, 4.69) is 0 Å². The molecule has 0 heterocycles. The Kier molecular flexibility index (Phi) is 4.90. The van der Waals surface area contributed by atoms with Gasteiger partial charge in [-0.05, 0) is 44.7 Å². The lowest BCUT2D eigenvalue weighted by Crippen LogP contribution is -2.27. The van der Waals surface area contributed by atoms with E-state index >= 15 is 0 Å². The van der Waals surface area contributed by atoms with Gasteiger partial charge in [0.15, 0.2) is 5.78 Å². The average Bonchev–Trinajstić information content (AvgIpc) is 2.48. The first kappa shape index (κ1) is 14.7. The van der Waals surface area contributed by atoms with Crippen molar-refractivity contribution in [1.82, 2.24) is 0 Å². The Morgan fingerprint density at radius 2 is 1.45 bits per heavy atom. The molecule has 1 aliphatic rings. The first-order chi connectivity index (χ1) is 9.60. The smallest absolute Gasteiger partial charge is 0.338 e. The molecule has 0 spiro atoms. The molecule has 0 radical (unpaired) electrons. The Morgan fingerprint density at radius 3 is 1.95 bits per heavy atom. The highest BCUT2D eigenvalue weighted by molar-refractivity contribution is 5.96. The van der Waals surface area contributed by atoms with Gasteiger partial charge in [-0.2, -0.15) is 0 Å². The van der Waals surface area contributed by atoms with Gasteiger partial charge in [0.25, 0.3) is 0 Å². The molecule has 0 amide bonds. The first-order valence-electron chi connectivity index (χ1n) is 6.95. The monoisotopic (exact) mass is 276 g/mol. The molecule has 4 nitrogen and oxygen atoms in total. The maximum Gasteiger partial charge on any atom is 0.338 e. The van der Waals surface area contributed by atoms with Gasteiger partial charge in [-0.1, -0.05) is 12.1 Å². The Morgan fingerprint density at radius 1 is 0.950 bits per heavy atom. The van der Waals surface area contributed by atoms with Crippen molar-refractivity contribution in [3.05, 3.63) is 35.4 Å². The summed E-state index contributed by atoms with van der Waals surface area (Å²) in [7, 11) is 1.72. The molecule has 108 valence electrons. The van der Waals surface area contributed by atoms with Crippen LogP contribution in [0.3, 0.4) is 0 Å². The zero-order chi connectivity index (χ0) is 14.5. The number of Topliss-reactive ketones (excluding diaryl/α,β-unsaturated/α-hetero) is 1. The quantitative estimate of drug-likeness (QED) is 0.626. The fraction of sp³-hybridized carbons (Fsp3) is 0.500. The molecule has 0 saturated heterocycles. The van der Waals surface area contributed by atoms with E-state index in [1.54, 1.807) is 31.4 Å². The van der Waals surface area contributed by atoms with Gasteiger partial charge in [-0.3, -0.25) is 4.79 Å². The molecule has 2 rings (SSSR count). The van der Waals surface area contributed by atoms with Crippen LogP contribution in [-0.4, -0.2) is 31.1 Å². The SMILES string of the molecule is COC1CCC(OC(=O)c2ccc(C(C)=O)cc2)CC1. The van der Waals surface area contributed by atoms with Crippen LogP contribution in [0.15, 0.2) is 24.3 Å². The molecule has 0 atom stereocenters. The van der Waals surface area contributed by atoms with E-state index in [9.17, 15) is 9.59 Å². The maximum absolute atomic E-state index is 12.0. The standard InChI is InChI=1S/C16H20O4/c1-11(17)12-3-5-13(6-4-12)16(18)20-15-9-7-14(19-2)8-10-15/h3-6,14-15H,7-10H2,1-2H3. The van der Waals surface area contributed by atoms with E-state index in [-0.39, 0.29) is 17.9 Å². The fourth-order valence-electron chi connectivity index (χ4n) is 2.45. The fourth-order valence-corrected chi connectivity index (χ4v) is 2.45. The number of carbonyl (C=O) groups is 2. The van der Waals surface area contributed by atoms with Crippen LogP contribution >= 0.6 is 0 Å². The number of ether oxygens (including phenoxy) is 2. The number of esters is 1. The van der Waals surface area contributed by atoms with Gasteiger partial charge in [0.2, 0.25) is 0 Å². The van der Waals surface area contributed by atoms with Gasteiger partial charge in [0.1, 0.15) is 6.10 Å². The Labute approximate surface area is 119 Å². The van der Waals surface area contributed by atoms with E-state index in [4.69, 9.17) is 9.47 Å².